The monoisotopic (exact) mass is 532 g/mol. The van der Waals surface area contributed by atoms with Gasteiger partial charge in [0.1, 0.15) is 17.1 Å². The minimum absolute atomic E-state index is 0.0489. The van der Waals surface area contributed by atoms with E-state index in [1.54, 1.807) is 0 Å². The zero-order chi connectivity index (χ0) is 26.4. The fourth-order valence-corrected chi connectivity index (χ4v) is 7.19. The van der Waals surface area contributed by atoms with E-state index in [1.807, 2.05) is 35.2 Å². The van der Waals surface area contributed by atoms with Gasteiger partial charge in [-0.25, -0.2) is 21.6 Å². The summed E-state index contributed by atoms with van der Waals surface area (Å²) in [6.07, 6.45) is 0.377. The highest BCUT2D eigenvalue weighted by molar-refractivity contribution is 7.89. The van der Waals surface area contributed by atoms with Crippen LogP contribution in [0.2, 0.25) is 0 Å². The van der Waals surface area contributed by atoms with E-state index in [2.05, 4.69) is 0 Å². The first-order chi connectivity index (χ1) is 17.6. The van der Waals surface area contributed by atoms with Gasteiger partial charge < -0.3 is 9.84 Å². The Morgan fingerprint density at radius 2 is 1.68 bits per heavy atom. The summed E-state index contributed by atoms with van der Waals surface area (Å²) >= 11 is 0. The van der Waals surface area contributed by atoms with Crippen LogP contribution in [0, 0.1) is 17.5 Å². The summed E-state index contributed by atoms with van der Waals surface area (Å²) in [4.78, 5) is 13.7. The van der Waals surface area contributed by atoms with Crippen LogP contribution in [0.15, 0.2) is 71.6 Å². The van der Waals surface area contributed by atoms with E-state index in [0.29, 0.717) is 25.1 Å². The fourth-order valence-electron chi connectivity index (χ4n) is 5.20. The van der Waals surface area contributed by atoms with Gasteiger partial charge in [0.25, 0.3) is 0 Å². The summed E-state index contributed by atoms with van der Waals surface area (Å²) in [5, 5.41) is 10.2. The van der Waals surface area contributed by atoms with Crippen LogP contribution < -0.4 is 4.74 Å². The van der Waals surface area contributed by atoms with Crippen molar-refractivity contribution in [2.45, 2.75) is 35.9 Å². The second kappa shape index (κ2) is 9.47. The second-order valence-corrected chi connectivity index (χ2v) is 11.1. The van der Waals surface area contributed by atoms with E-state index < -0.39 is 55.7 Å². The summed E-state index contributed by atoms with van der Waals surface area (Å²) in [7, 11) is -4.60. The van der Waals surface area contributed by atoms with Crippen molar-refractivity contribution < 1.29 is 36.2 Å². The molecule has 0 aliphatic carbocycles. The molecule has 2 atom stereocenters. The number of hydrogen-bond donors (Lipinski definition) is 1. The molecule has 3 aromatic carbocycles. The molecule has 0 amide bonds. The summed E-state index contributed by atoms with van der Waals surface area (Å²) in [6, 6.07) is 14.4. The Morgan fingerprint density at radius 1 is 1.03 bits per heavy atom. The number of benzene rings is 3. The van der Waals surface area contributed by atoms with Crippen LogP contribution in [0.25, 0.3) is 0 Å². The normalized spacial score (nSPS) is 22.2. The molecule has 5 rings (SSSR count). The smallest absolute Gasteiger partial charge is 0.326 e. The minimum Gasteiger partial charge on any atom is -0.480 e. The molecule has 2 fully saturated rings. The average molecular weight is 533 g/mol. The van der Waals surface area contributed by atoms with Gasteiger partial charge in [-0.1, -0.05) is 30.3 Å². The van der Waals surface area contributed by atoms with Crippen LogP contribution >= 0.6 is 0 Å². The van der Waals surface area contributed by atoms with E-state index in [1.165, 1.54) is 12.1 Å². The van der Waals surface area contributed by atoms with Crippen LogP contribution in [0.1, 0.15) is 18.4 Å². The lowest BCUT2D eigenvalue weighted by molar-refractivity contribution is -0.150. The van der Waals surface area contributed by atoms with Crippen LogP contribution in [-0.2, 0) is 21.4 Å². The standard InChI is InChI=1S/C26H23F3N2O5S/c27-18-6-8-20(9-7-18)36-24-22(28)12-21(13-23(24)29)37(34,35)31-19-10-11-26(31,25(32)33)16-30(15-19)14-17-4-2-1-3-5-17/h1-9,12-13,19H,10-11,14-16H2,(H,32,33). The maximum atomic E-state index is 14.9. The number of fused-ring (bicyclic) bond motifs is 2. The van der Waals surface area contributed by atoms with Gasteiger partial charge in [0, 0.05) is 25.7 Å². The van der Waals surface area contributed by atoms with Gasteiger partial charge in [-0.15, -0.1) is 0 Å². The highest BCUT2D eigenvalue weighted by Gasteiger charge is 2.61. The summed E-state index contributed by atoms with van der Waals surface area (Å²) < 4.78 is 76.3. The molecule has 0 saturated carbocycles. The van der Waals surface area contributed by atoms with Crippen LogP contribution in [0.4, 0.5) is 13.2 Å². The summed E-state index contributed by atoms with van der Waals surface area (Å²) in [5.41, 5.74) is -0.813. The maximum absolute atomic E-state index is 14.9. The topological polar surface area (TPSA) is 87.2 Å². The van der Waals surface area contributed by atoms with Crippen molar-refractivity contribution in [2.24, 2.45) is 0 Å². The van der Waals surface area contributed by atoms with Crippen LogP contribution in [-0.4, -0.2) is 53.4 Å². The zero-order valence-electron chi connectivity index (χ0n) is 19.5. The lowest BCUT2D eigenvalue weighted by Gasteiger charge is -2.45. The first kappa shape index (κ1) is 25.2. The van der Waals surface area contributed by atoms with Crippen molar-refractivity contribution in [1.29, 1.82) is 0 Å². The van der Waals surface area contributed by atoms with E-state index in [9.17, 15) is 31.5 Å². The highest BCUT2D eigenvalue weighted by atomic mass is 32.2. The number of carbonyl (C=O) groups is 1. The molecule has 2 aliphatic heterocycles. The number of piperazine rings is 1. The molecule has 11 heteroatoms. The summed E-state index contributed by atoms with van der Waals surface area (Å²) in [6.45, 7) is 0.655. The van der Waals surface area contributed by atoms with Crippen LogP contribution in [0.5, 0.6) is 11.5 Å². The van der Waals surface area contributed by atoms with Crippen LogP contribution in [0.3, 0.4) is 0 Å². The second-order valence-electron chi connectivity index (χ2n) is 9.26. The number of sulfonamides is 1. The van der Waals surface area contributed by atoms with Crippen molar-refractivity contribution >= 4 is 16.0 Å². The molecule has 0 radical (unpaired) electrons. The molecular weight excluding hydrogens is 509 g/mol. The van der Waals surface area contributed by atoms with E-state index in [0.717, 1.165) is 22.0 Å². The third-order valence-corrected chi connectivity index (χ3v) is 8.80. The average Bonchev–Trinajstić information content (AvgIpc) is 3.12. The first-order valence-corrected chi connectivity index (χ1v) is 13.0. The molecule has 0 spiro atoms. The number of hydrogen-bond acceptors (Lipinski definition) is 5. The number of carboxylic acid groups (broad SMARTS) is 1. The molecular formula is C26H23F3N2O5S. The summed E-state index contributed by atoms with van der Waals surface area (Å²) in [5.74, 6) is -5.36. The Kier molecular flexibility index (Phi) is 6.47. The van der Waals surface area contributed by atoms with Crippen molar-refractivity contribution in [3.63, 3.8) is 0 Å². The maximum Gasteiger partial charge on any atom is 0.326 e. The molecule has 37 heavy (non-hydrogen) atoms. The highest BCUT2D eigenvalue weighted by Crippen LogP contribution is 2.44. The Morgan fingerprint density at radius 3 is 2.30 bits per heavy atom. The number of nitrogens with zero attached hydrogens (tertiary/aromatic N) is 2. The predicted molar refractivity (Wildman–Crippen MR) is 127 cm³/mol. The first-order valence-electron chi connectivity index (χ1n) is 11.6. The minimum atomic E-state index is -4.60. The Bertz CT molecular complexity index is 1410. The van der Waals surface area contributed by atoms with E-state index in [4.69, 9.17) is 4.74 Å². The van der Waals surface area contributed by atoms with Crippen molar-refractivity contribution in [2.75, 3.05) is 13.1 Å². The van der Waals surface area contributed by atoms with Gasteiger partial charge in [0.2, 0.25) is 10.0 Å². The molecule has 194 valence electrons. The zero-order valence-corrected chi connectivity index (χ0v) is 20.3. The molecule has 2 unspecified atom stereocenters. The van der Waals surface area contributed by atoms with Gasteiger partial charge in [0.05, 0.1) is 4.90 Å². The Labute approximate surface area is 211 Å². The molecule has 3 aromatic rings. The quantitative estimate of drug-likeness (QED) is 0.486. The SMILES string of the molecule is O=C(O)C12CCC(CN(Cc3ccccc3)C1)N2S(=O)(=O)c1cc(F)c(Oc2ccc(F)cc2)c(F)c1. The third-order valence-electron chi connectivity index (χ3n) is 6.81. The van der Waals surface area contributed by atoms with Crippen molar-refractivity contribution in [3.8, 4) is 11.5 Å². The van der Waals surface area contributed by atoms with E-state index in [-0.39, 0.29) is 25.3 Å². The third kappa shape index (κ3) is 4.58. The number of halogens is 3. The van der Waals surface area contributed by atoms with Gasteiger partial charge in [-0.3, -0.25) is 9.69 Å². The Balaban J connectivity index is 1.46. The largest absolute Gasteiger partial charge is 0.480 e. The van der Waals surface area contributed by atoms with Crippen molar-refractivity contribution in [1.82, 2.24) is 9.21 Å². The van der Waals surface area contributed by atoms with Gasteiger partial charge in [-0.05, 0) is 54.8 Å². The molecule has 0 aromatic heterocycles. The molecule has 2 aliphatic rings. The number of carboxylic acids is 1. The molecule has 2 saturated heterocycles. The fraction of sp³-hybridized carbons (Fsp3) is 0.269. The predicted octanol–water partition coefficient (Wildman–Crippen LogP) is 4.39. The lowest BCUT2D eigenvalue weighted by atomic mass is 9.97. The van der Waals surface area contributed by atoms with Gasteiger partial charge in [0.15, 0.2) is 17.4 Å². The molecule has 1 N–H and O–H groups in total. The number of aliphatic carboxylic acids is 1. The molecule has 7 nitrogen and oxygen atoms in total. The molecule has 2 bridgehead atoms. The number of rotatable bonds is 7. The lowest BCUT2D eigenvalue weighted by Crippen LogP contribution is -2.66. The van der Waals surface area contributed by atoms with Crippen molar-refractivity contribution in [3.05, 3.63) is 89.7 Å². The Hall–Kier alpha value is -3.41. The molecule has 2 heterocycles. The van der Waals surface area contributed by atoms with Gasteiger partial charge in [-0.2, -0.15) is 4.31 Å². The van der Waals surface area contributed by atoms with E-state index >= 15 is 0 Å². The van der Waals surface area contributed by atoms with Gasteiger partial charge >= 0.3 is 5.97 Å². The number of likely N-dealkylation sites (tertiary alicyclic amines) is 1. The number of ether oxygens (including phenoxy) is 1.